The Bertz CT molecular complexity index is 126. The van der Waals surface area contributed by atoms with Crippen LogP contribution in [0.2, 0.25) is 0 Å². The van der Waals surface area contributed by atoms with Crippen LogP contribution in [-0.2, 0) is 0 Å². The minimum absolute atomic E-state index is 0.973. The molecule has 0 aromatic rings. The van der Waals surface area contributed by atoms with Gasteiger partial charge in [0.15, 0.2) is 0 Å². The van der Waals surface area contributed by atoms with Gasteiger partial charge >= 0.3 is 0 Å². The Balaban J connectivity index is 1.62. The zero-order valence-corrected chi connectivity index (χ0v) is 8.54. The molecule has 1 N–H and O–H groups in total. The molecular weight excluding hydrogens is 166 g/mol. The van der Waals surface area contributed by atoms with Crippen molar-refractivity contribution >= 4 is 11.8 Å². The van der Waals surface area contributed by atoms with Gasteiger partial charge in [0.25, 0.3) is 0 Å². The molecule has 1 heterocycles. The molecule has 0 aromatic heterocycles. The van der Waals surface area contributed by atoms with Crippen LogP contribution < -0.4 is 5.32 Å². The van der Waals surface area contributed by atoms with E-state index in [1.54, 1.807) is 0 Å². The first-order chi connectivity index (χ1) is 5.95. The predicted molar refractivity (Wildman–Crippen MR) is 55.7 cm³/mol. The summed E-state index contributed by atoms with van der Waals surface area (Å²) >= 11 is 2.24. The van der Waals surface area contributed by atoms with Gasteiger partial charge in [-0.05, 0) is 56.9 Å². The van der Waals surface area contributed by atoms with Gasteiger partial charge in [-0.15, -0.1) is 0 Å². The van der Waals surface area contributed by atoms with Crippen molar-refractivity contribution in [3.8, 4) is 0 Å². The summed E-state index contributed by atoms with van der Waals surface area (Å²) in [7, 11) is 0. The third kappa shape index (κ3) is 2.98. The van der Waals surface area contributed by atoms with Crippen molar-refractivity contribution in [1.82, 2.24) is 5.32 Å². The molecule has 1 aliphatic carbocycles. The number of hydrogen-bond donors (Lipinski definition) is 1. The summed E-state index contributed by atoms with van der Waals surface area (Å²) in [4.78, 5) is 0. The third-order valence-corrected chi connectivity index (χ3v) is 4.39. The summed E-state index contributed by atoms with van der Waals surface area (Å²) in [6.07, 6.45) is 7.26. The molecule has 1 saturated carbocycles. The van der Waals surface area contributed by atoms with Crippen LogP contribution in [0.5, 0.6) is 0 Å². The molecule has 12 heavy (non-hydrogen) atoms. The zero-order chi connectivity index (χ0) is 8.23. The lowest BCUT2D eigenvalue weighted by atomic mass is 10.2. The van der Waals surface area contributed by atoms with Crippen LogP contribution in [0.25, 0.3) is 0 Å². The smallest absolute Gasteiger partial charge is 0.00596 e. The van der Waals surface area contributed by atoms with Crippen LogP contribution in [0.1, 0.15) is 32.1 Å². The first kappa shape index (κ1) is 8.89. The van der Waals surface area contributed by atoms with Gasteiger partial charge in [0.05, 0.1) is 0 Å². The van der Waals surface area contributed by atoms with E-state index in [1.807, 2.05) is 0 Å². The number of hydrogen-bond acceptors (Lipinski definition) is 2. The fraction of sp³-hybridized carbons (Fsp3) is 1.00. The molecule has 1 aliphatic heterocycles. The Labute approximate surface area is 79.7 Å². The molecule has 0 amide bonds. The topological polar surface area (TPSA) is 12.0 Å². The van der Waals surface area contributed by atoms with E-state index in [0.29, 0.717) is 0 Å². The highest BCUT2D eigenvalue weighted by Gasteiger charge is 2.23. The highest BCUT2D eigenvalue weighted by Crippen LogP contribution is 2.35. The van der Waals surface area contributed by atoms with Gasteiger partial charge in [0.2, 0.25) is 0 Å². The van der Waals surface area contributed by atoms with E-state index in [9.17, 15) is 0 Å². The maximum atomic E-state index is 3.47. The van der Waals surface area contributed by atoms with Crippen molar-refractivity contribution < 1.29 is 0 Å². The van der Waals surface area contributed by atoms with E-state index in [2.05, 4.69) is 17.1 Å². The SMILES string of the molecule is C1CNCCC(SCC2CC2)C1. The Hall–Kier alpha value is 0.310. The molecule has 2 aliphatic rings. The monoisotopic (exact) mass is 185 g/mol. The number of nitrogens with one attached hydrogen (secondary N) is 1. The second-order valence-corrected chi connectivity index (χ2v) is 5.41. The molecule has 1 saturated heterocycles. The average molecular weight is 185 g/mol. The molecule has 0 bridgehead atoms. The molecular formula is C10H19NS. The molecule has 0 radical (unpaired) electrons. The van der Waals surface area contributed by atoms with E-state index in [0.717, 1.165) is 11.2 Å². The van der Waals surface area contributed by atoms with E-state index >= 15 is 0 Å². The van der Waals surface area contributed by atoms with Crippen LogP contribution in [0.4, 0.5) is 0 Å². The van der Waals surface area contributed by atoms with Crippen LogP contribution in [0.3, 0.4) is 0 Å². The van der Waals surface area contributed by atoms with Crippen molar-refractivity contribution in [2.24, 2.45) is 5.92 Å². The van der Waals surface area contributed by atoms with Gasteiger partial charge in [-0.2, -0.15) is 11.8 Å². The molecule has 70 valence electrons. The van der Waals surface area contributed by atoms with Crippen molar-refractivity contribution in [2.45, 2.75) is 37.4 Å². The lowest BCUT2D eigenvalue weighted by molar-refractivity contribution is 0.703. The predicted octanol–water partition coefficient (Wildman–Crippen LogP) is 2.27. The van der Waals surface area contributed by atoms with Crippen molar-refractivity contribution in [2.75, 3.05) is 18.8 Å². The Morgan fingerprint density at radius 2 is 2.00 bits per heavy atom. The molecule has 2 rings (SSSR count). The highest BCUT2D eigenvalue weighted by atomic mass is 32.2. The molecule has 1 nitrogen and oxygen atoms in total. The minimum atomic E-state index is 0.973. The molecule has 0 aromatic carbocycles. The van der Waals surface area contributed by atoms with Gasteiger partial charge in [-0.25, -0.2) is 0 Å². The van der Waals surface area contributed by atoms with Crippen LogP contribution >= 0.6 is 11.8 Å². The first-order valence-electron chi connectivity index (χ1n) is 5.27. The van der Waals surface area contributed by atoms with E-state index < -0.39 is 0 Å². The summed E-state index contributed by atoms with van der Waals surface area (Å²) in [5, 5.41) is 4.44. The molecule has 0 spiro atoms. The largest absolute Gasteiger partial charge is 0.317 e. The summed E-state index contributed by atoms with van der Waals surface area (Å²) in [5.41, 5.74) is 0. The summed E-state index contributed by atoms with van der Waals surface area (Å²) < 4.78 is 0. The van der Waals surface area contributed by atoms with E-state index in [-0.39, 0.29) is 0 Å². The molecule has 1 atom stereocenters. The Kier molecular flexibility index (Phi) is 3.35. The first-order valence-corrected chi connectivity index (χ1v) is 6.32. The maximum absolute atomic E-state index is 3.47. The van der Waals surface area contributed by atoms with Crippen LogP contribution in [-0.4, -0.2) is 24.1 Å². The number of rotatable bonds is 3. The van der Waals surface area contributed by atoms with Crippen molar-refractivity contribution in [1.29, 1.82) is 0 Å². The summed E-state index contributed by atoms with van der Waals surface area (Å²) in [6.45, 7) is 2.50. The fourth-order valence-corrected chi connectivity index (χ4v) is 3.21. The van der Waals surface area contributed by atoms with Crippen LogP contribution in [0, 0.1) is 5.92 Å². The number of thioether (sulfide) groups is 1. The van der Waals surface area contributed by atoms with Gasteiger partial charge in [0.1, 0.15) is 0 Å². The molecule has 1 unspecified atom stereocenters. The third-order valence-electron chi connectivity index (χ3n) is 2.79. The molecule has 2 heteroatoms. The Morgan fingerprint density at radius 1 is 1.08 bits per heavy atom. The lowest BCUT2D eigenvalue weighted by Crippen LogP contribution is -2.14. The second-order valence-electron chi connectivity index (χ2n) is 4.08. The van der Waals surface area contributed by atoms with Crippen LogP contribution in [0.15, 0.2) is 0 Å². The van der Waals surface area contributed by atoms with Gasteiger partial charge < -0.3 is 5.32 Å². The van der Waals surface area contributed by atoms with Gasteiger partial charge in [-0.3, -0.25) is 0 Å². The average Bonchev–Trinajstić information content (AvgIpc) is 2.90. The molecule has 2 fully saturated rings. The van der Waals surface area contributed by atoms with Crippen molar-refractivity contribution in [3.05, 3.63) is 0 Å². The van der Waals surface area contributed by atoms with Gasteiger partial charge in [-0.1, -0.05) is 0 Å². The second kappa shape index (κ2) is 4.52. The normalized spacial score (nSPS) is 31.5. The fourth-order valence-electron chi connectivity index (χ4n) is 1.71. The van der Waals surface area contributed by atoms with E-state index in [1.165, 1.54) is 50.9 Å². The standard InChI is InChI=1S/C10H19NS/c1-2-10(5-7-11-6-1)12-8-9-3-4-9/h9-11H,1-8H2. The summed E-state index contributed by atoms with van der Waals surface area (Å²) in [5.74, 6) is 2.55. The zero-order valence-electron chi connectivity index (χ0n) is 7.72. The van der Waals surface area contributed by atoms with E-state index in [4.69, 9.17) is 0 Å². The Morgan fingerprint density at radius 3 is 2.83 bits per heavy atom. The summed E-state index contributed by atoms with van der Waals surface area (Å²) in [6, 6.07) is 0. The lowest BCUT2D eigenvalue weighted by Gasteiger charge is -2.12. The quantitative estimate of drug-likeness (QED) is 0.724. The minimum Gasteiger partial charge on any atom is -0.317 e. The maximum Gasteiger partial charge on any atom is 0.00596 e. The van der Waals surface area contributed by atoms with Crippen molar-refractivity contribution in [3.63, 3.8) is 0 Å². The highest BCUT2D eigenvalue weighted by molar-refractivity contribution is 7.99. The van der Waals surface area contributed by atoms with Gasteiger partial charge in [0, 0.05) is 5.25 Å².